The minimum Gasteiger partial charge on any atom is -0.395 e. The number of aromatic nitrogens is 5. The van der Waals surface area contributed by atoms with Crippen molar-refractivity contribution in [2.75, 3.05) is 5.73 Å². The molecule has 140 valence electrons. The van der Waals surface area contributed by atoms with Gasteiger partial charge in [0.1, 0.15) is 5.82 Å². The van der Waals surface area contributed by atoms with Crippen LogP contribution in [0.5, 0.6) is 0 Å². The lowest BCUT2D eigenvalue weighted by Gasteiger charge is -2.14. The van der Waals surface area contributed by atoms with Gasteiger partial charge in [0, 0.05) is 10.9 Å². The van der Waals surface area contributed by atoms with Gasteiger partial charge in [-0.25, -0.2) is 19.3 Å². The number of aryl methyl sites for hydroxylation is 1. The zero-order valence-electron chi connectivity index (χ0n) is 14.5. The predicted octanol–water partition coefficient (Wildman–Crippen LogP) is 2.35. The second kappa shape index (κ2) is 6.34. The zero-order valence-corrected chi connectivity index (χ0v) is 14.5. The maximum absolute atomic E-state index is 14.2. The molecule has 0 atom stereocenters. The van der Waals surface area contributed by atoms with Gasteiger partial charge in [-0.05, 0) is 24.6 Å². The van der Waals surface area contributed by atoms with E-state index in [4.69, 9.17) is 11.5 Å². The average molecular weight is 381 g/mol. The number of nitrogens with zero attached hydrogens (tertiary/aromatic N) is 4. The van der Waals surface area contributed by atoms with Gasteiger partial charge in [0.2, 0.25) is 5.95 Å². The lowest BCUT2D eigenvalue weighted by molar-refractivity contribution is 0.0996. The molecule has 8 nitrogen and oxygen atoms in total. The fourth-order valence-corrected chi connectivity index (χ4v) is 2.99. The molecule has 1 aromatic carbocycles. The first kappa shape index (κ1) is 17.5. The van der Waals surface area contributed by atoms with Gasteiger partial charge in [-0.2, -0.15) is 9.49 Å². The molecule has 0 saturated heterocycles. The minimum absolute atomic E-state index is 0.0715. The van der Waals surface area contributed by atoms with Crippen molar-refractivity contribution in [3.8, 4) is 22.6 Å². The van der Waals surface area contributed by atoms with Crippen molar-refractivity contribution in [2.24, 2.45) is 5.73 Å². The molecule has 4 aromatic rings. The Balaban J connectivity index is 2.09. The number of carbonyl (C=O) groups excluding carboxylic acids is 1. The normalized spacial score (nSPS) is 11.1. The van der Waals surface area contributed by atoms with Crippen LogP contribution in [0, 0.1) is 18.7 Å². The van der Waals surface area contributed by atoms with Crippen LogP contribution in [0.15, 0.2) is 30.6 Å². The summed E-state index contributed by atoms with van der Waals surface area (Å²) >= 11 is 0. The number of primary amides is 1. The van der Waals surface area contributed by atoms with Gasteiger partial charge < -0.3 is 11.5 Å². The van der Waals surface area contributed by atoms with E-state index in [0.29, 0.717) is 16.5 Å². The summed E-state index contributed by atoms with van der Waals surface area (Å²) in [6.45, 7) is 1.82. The number of aromatic amines is 1. The Morgan fingerprint density at radius 1 is 1.18 bits per heavy atom. The van der Waals surface area contributed by atoms with Gasteiger partial charge in [0.05, 0.1) is 34.9 Å². The van der Waals surface area contributed by atoms with Crippen LogP contribution < -0.4 is 11.5 Å². The van der Waals surface area contributed by atoms with E-state index in [1.807, 2.05) is 19.1 Å². The Bertz CT molecular complexity index is 1250. The fourth-order valence-electron chi connectivity index (χ4n) is 2.99. The minimum atomic E-state index is -0.995. The Morgan fingerprint density at radius 3 is 2.71 bits per heavy atom. The molecule has 0 aliphatic rings. The average Bonchev–Trinajstić information content (AvgIpc) is 3.13. The first-order valence-corrected chi connectivity index (χ1v) is 8.08. The molecular weight excluding hydrogens is 368 g/mol. The maximum Gasteiger partial charge on any atom is 0.269 e. The molecule has 0 aliphatic heterocycles. The summed E-state index contributed by atoms with van der Waals surface area (Å²) in [6, 6.07) is 4.52. The second-order valence-corrected chi connectivity index (χ2v) is 6.10. The standard InChI is InChI=1S/C18H13F2N7O/c1-7-2-3-11-10(6-24-27-11)12(7)14-13(21)15(17(22)28)26-18(25-14)9-4-8(19)5-23-16(9)20/h2-6H,21H2,1H3,(H2,22,28)(H,24,27). The third-order valence-corrected chi connectivity index (χ3v) is 4.29. The van der Waals surface area contributed by atoms with Crippen molar-refractivity contribution in [3.63, 3.8) is 0 Å². The molecule has 3 heterocycles. The Hall–Kier alpha value is -3.95. The third kappa shape index (κ3) is 2.71. The number of H-pyrrole nitrogens is 1. The Kier molecular flexibility index (Phi) is 3.95. The topological polar surface area (TPSA) is 136 Å². The summed E-state index contributed by atoms with van der Waals surface area (Å²) < 4.78 is 27.8. The monoisotopic (exact) mass is 381 g/mol. The van der Waals surface area contributed by atoms with Crippen molar-refractivity contribution >= 4 is 22.5 Å². The number of nitrogen functional groups attached to an aromatic ring is 1. The van der Waals surface area contributed by atoms with E-state index in [9.17, 15) is 13.6 Å². The quantitative estimate of drug-likeness (QED) is 0.466. The molecule has 28 heavy (non-hydrogen) atoms. The summed E-state index contributed by atoms with van der Waals surface area (Å²) in [4.78, 5) is 23.5. The van der Waals surface area contributed by atoms with Crippen LogP contribution >= 0.6 is 0 Å². The highest BCUT2D eigenvalue weighted by atomic mass is 19.1. The van der Waals surface area contributed by atoms with Crippen LogP contribution in [0.2, 0.25) is 0 Å². The number of nitrogens with two attached hydrogens (primary N) is 2. The highest BCUT2D eigenvalue weighted by molar-refractivity contribution is 6.04. The third-order valence-electron chi connectivity index (χ3n) is 4.29. The molecule has 4 rings (SSSR count). The van der Waals surface area contributed by atoms with Crippen molar-refractivity contribution in [2.45, 2.75) is 6.92 Å². The lowest BCUT2D eigenvalue weighted by Crippen LogP contribution is -2.18. The number of amides is 1. The van der Waals surface area contributed by atoms with Crippen LogP contribution in [0.3, 0.4) is 0 Å². The number of rotatable bonds is 3. The molecule has 0 unspecified atom stereocenters. The van der Waals surface area contributed by atoms with Gasteiger partial charge in [-0.15, -0.1) is 0 Å². The van der Waals surface area contributed by atoms with Crippen LogP contribution in [0.1, 0.15) is 16.1 Å². The van der Waals surface area contributed by atoms with Crippen LogP contribution in [-0.2, 0) is 0 Å². The van der Waals surface area contributed by atoms with Gasteiger partial charge in [-0.3, -0.25) is 9.89 Å². The van der Waals surface area contributed by atoms with Crippen molar-refractivity contribution in [3.05, 3.63) is 53.6 Å². The van der Waals surface area contributed by atoms with Gasteiger partial charge in [0.15, 0.2) is 11.5 Å². The second-order valence-electron chi connectivity index (χ2n) is 6.10. The summed E-state index contributed by atoms with van der Waals surface area (Å²) in [5.41, 5.74) is 13.0. The van der Waals surface area contributed by atoms with Crippen LogP contribution in [-0.4, -0.2) is 31.1 Å². The molecule has 5 N–H and O–H groups in total. The number of pyridine rings is 1. The van der Waals surface area contributed by atoms with Gasteiger partial charge in [-0.1, -0.05) is 6.07 Å². The Labute approximate surface area is 156 Å². The molecule has 0 aliphatic carbocycles. The highest BCUT2D eigenvalue weighted by Crippen LogP contribution is 2.35. The van der Waals surface area contributed by atoms with E-state index < -0.39 is 17.7 Å². The van der Waals surface area contributed by atoms with Gasteiger partial charge >= 0.3 is 0 Å². The van der Waals surface area contributed by atoms with Crippen LogP contribution in [0.4, 0.5) is 14.5 Å². The van der Waals surface area contributed by atoms with E-state index >= 15 is 0 Å². The number of benzene rings is 1. The smallest absolute Gasteiger partial charge is 0.269 e. The molecule has 3 aromatic heterocycles. The number of halogens is 2. The van der Waals surface area contributed by atoms with E-state index in [0.717, 1.165) is 17.8 Å². The zero-order chi connectivity index (χ0) is 20.0. The molecule has 0 saturated carbocycles. The van der Waals surface area contributed by atoms with Crippen molar-refractivity contribution in [1.29, 1.82) is 0 Å². The molecule has 10 heteroatoms. The first-order chi connectivity index (χ1) is 13.4. The van der Waals surface area contributed by atoms with E-state index in [2.05, 4.69) is 25.1 Å². The van der Waals surface area contributed by atoms with E-state index in [1.165, 1.54) is 0 Å². The molecule has 0 fully saturated rings. The van der Waals surface area contributed by atoms with E-state index in [1.54, 1.807) is 6.20 Å². The van der Waals surface area contributed by atoms with Crippen molar-refractivity contribution < 1.29 is 13.6 Å². The molecular formula is C18H13F2N7O. The van der Waals surface area contributed by atoms with Gasteiger partial charge in [0.25, 0.3) is 5.91 Å². The number of nitrogens with one attached hydrogen (secondary N) is 1. The summed E-state index contributed by atoms with van der Waals surface area (Å²) in [7, 11) is 0. The highest BCUT2D eigenvalue weighted by Gasteiger charge is 2.23. The van der Waals surface area contributed by atoms with E-state index in [-0.39, 0.29) is 28.5 Å². The molecule has 1 amide bonds. The summed E-state index contributed by atoms with van der Waals surface area (Å²) in [5, 5.41) is 7.52. The first-order valence-electron chi connectivity index (χ1n) is 8.08. The number of hydrogen-bond donors (Lipinski definition) is 3. The van der Waals surface area contributed by atoms with Crippen molar-refractivity contribution in [1.82, 2.24) is 25.1 Å². The summed E-state index contributed by atoms with van der Waals surface area (Å²) in [5.74, 6) is -2.97. The number of carbonyl (C=O) groups is 1. The molecule has 0 bridgehead atoms. The maximum atomic E-state index is 14.2. The number of fused-ring (bicyclic) bond motifs is 1. The lowest BCUT2D eigenvalue weighted by atomic mass is 9.99. The molecule has 0 spiro atoms. The number of hydrogen-bond acceptors (Lipinski definition) is 6. The SMILES string of the molecule is Cc1ccc2[nH]ncc2c1-c1nc(-c2cc(F)cnc2F)nc(C(N)=O)c1N. The molecule has 0 radical (unpaired) electrons. The fraction of sp³-hybridized carbons (Fsp3) is 0.0556. The predicted molar refractivity (Wildman–Crippen MR) is 97.9 cm³/mol. The van der Waals surface area contributed by atoms with Crippen LogP contribution in [0.25, 0.3) is 33.5 Å². The Morgan fingerprint density at radius 2 is 1.96 bits per heavy atom. The summed E-state index contributed by atoms with van der Waals surface area (Å²) in [6.07, 6.45) is 2.30. The largest absolute Gasteiger partial charge is 0.395 e. The number of anilines is 1.